The highest BCUT2D eigenvalue weighted by atomic mass is 79.9. The molecule has 1 N–H and O–H groups in total. The van der Waals surface area contributed by atoms with Gasteiger partial charge in [0.15, 0.2) is 0 Å². The summed E-state index contributed by atoms with van der Waals surface area (Å²) in [6, 6.07) is 16.6. The fourth-order valence-electron chi connectivity index (χ4n) is 3.39. The lowest BCUT2D eigenvalue weighted by Crippen LogP contribution is -2.26. The van der Waals surface area contributed by atoms with E-state index in [1.54, 1.807) is 6.92 Å². The predicted molar refractivity (Wildman–Crippen MR) is 100 cm³/mol. The average Bonchev–Trinajstić information content (AvgIpc) is 2.46. The Morgan fingerprint density at radius 1 is 1.13 bits per heavy atom. The number of benzene rings is 2. The Morgan fingerprint density at radius 3 is 2.43 bits per heavy atom. The number of carbonyl (C=O) groups is 1. The van der Waals surface area contributed by atoms with Crippen LogP contribution in [0, 0.1) is 5.41 Å². The second-order valence-corrected chi connectivity index (χ2v) is 7.57. The molecule has 2 aromatic carbocycles. The molecule has 0 heterocycles. The summed E-state index contributed by atoms with van der Waals surface area (Å²) in [6.45, 7) is 6.09. The predicted octanol–water partition coefficient (Wildman–Crippen LogP) is 5.75. The molecule has 23 heavy (non-hydrogen) atoms. The Kier molecular flexibility index (Phi) is 4.15. The van der Waals surface area contributed by atoms with Crippen molar-refractivity contribution < 1.29 is 4.79 Å². The van der Waals surface area contributed by atoms with E-state index in [1.807, 2.05) is 18.2 Å². The van der Waals surface area contributed by atoms with Gasteiger partial charge in [-0.2, -0.15) is 0 Å². The zero-order valence-corrected chi connectivity index (χ0v) is 15.2. The van der Waals surface area contributed by atoms with Gasteiger partial charge in [-0.15, -0.1) is 0 Å². The molecule has 0 fully saturated rings. The number of rotatable bonds is 3. The van der Waals surface area contributed by atoms with Crippen molar-refractivity contribution in [2.45, 2.75) is 27.2 Å². The Bertz CT molecular complexity index is 791. The van der Waals surface area contributed by atoms with Crippen molar-refractivity contribution in [3.63, 3.8) is 0 Å². The Hall–Kier alpha value is -1.87. The molecule has 2 aromatic rings. The van der Waals surface area contributed by atoms with Gasteiger partial charge in [0.1, 0.15) is 0 Å². The molecule has 0 saturated carbocycles. The normalized spacial score (nSPS) is 16.0. The van der Waals surface area contributed by atoms with Crippen molar-refractivity contribution >= 4 is 38.7 Å². The summed E-state index contributed by atoms with van der Waals surface area (Å²) in [5, 5.41) is 2.96. The molecule has 1 aliphatic rings. The van der Waals surface area contributed by atoms with Gasteiger partial charge >= 0.3 is 0 Å². The summed E-state index contributed by atoms with van der Waals surface area (Å²) in [7, 11) is 0. The third-order valence-corrected chi connectivity index (χ3v) is 4.77. The van der Waals surface area contributed by atoms with Gasteiger partial charge in [0.05, 0.1) is 0 Å². The van der Waals surface area contributed by atoms with Crippen LogP contribution < -0.4 is 5.32 Å². The molecule has 2 nitrogen and oxygen atoms in total. The first-order valence-corrected chi connectivity index (χ1v) is 8.54. The number of nitrogens with one attached hydrogen (secondary N) is 1. The first kappa shape index (κ1) is 16.0. The second-order valence-electron chi connectivity index (χ2n) is 6.65. The maximum absolute atomic E-state index is 11.5. The first-order valence-electron chi connectivity index (χ1n) is 7.75. The van der Waals surface area contributed by atoms with Gasteiger partial charge in [-0.1, -0.05) is 66.2 Å². The van der Waals surface area contributed by atoms with Crippen LogP contribution in [0.1, 0.15) is 38.3 Å². The molecular formula is C20H20BrNO. The number of hydrogen-bond donors (Lipinski definition) is 1. The highest BCUT2D eigenvalue weighted by Crippen LogP contribution is 2.56. The van der Waals surface area contributed by atoms with Crippen molar-refractivity contribution in [3.05, 3.63) is 64.1 Å². The average molecular weight is 370 g/mol. The molecule has 0 aromatic heterocycles. The van der Waals surface area contributed by atoms with Crippen LogP contribution >= 0.6 is 15.9 Å². The van der Waals surface area contributed by atoms with Crippen LogP contribution in [0.3, 0.4) is 0 Å². The molecule has 0 bridgehead atoms. The fraction of sp³-hybridized carbons (Fsp3) is 0.250. The third kappa shape index (κ3) is 3.11. The first-order chi connectivity index (χ1) is 10.9. The Morgan fingerprint density at radius 2 is 1.83 bits per heavy atom. The summed E-state index contributed by atoms with van der Waals surface area (Å²) >= 11 is 3.49. The molecule has 0 saturated heterocycles. The van der Waals surface area contributed by atoms with E-state index in [1.165, 1.54) is 16.7 Å². The lowest BCUT2D eigenvalue weighted by molar-refractivity contribution is -0.114. The van der Waals surface area contributed by atoms with E-state index in [9.17, 15) is 4.79 Å². The maximum atomic E-state index is 11.5. The highest BCUT2D eigenvalue weighted by Gasteiger charge is 2.38. The standard InChI is InChI=1S/C20H20BrNO/c1-13(23)22-18-11-15(21)9-10-16(18)17-12-20(2,3)19(17)14-7-5-4-6-8-14/h4-11H,12H2,1-3H3,(H,22,23). The smallest absolute Gasteiger partial charge is 0.221 e. The van der Waals surface area contributed by atoms with Crippen molar-refractivity contribution in [2.24, 2.45) is 5.41 Å². The summed E-state index contributed by atoms with van der Waals surface area (Å²) < 4.78 is 0.963. The van der Waals surface area contributed by atoms with E-state index >= 15 is 0 Å². The number of carbonyl (C=O) groups excluding carboxylic acids is 1. The number of halogens is 1. The highest BCUT2D eigenvalue weighted by molar-refractivity contribution is 9.10. The molecular weight excluding hydrogens is 350 g/mol. The largest absolute Gasteiger partial charge is 0.326 e. The molecule has 0 aliphatic heterocycles. The lowest BCUT2D eigenvalue weighted by atomic mass is 9.62. The summed E-state index contributed by atoms with van der Waals surface area (Å²) in [5.41, 5.74) is 6.07. The zero-order chi connectivity index (χ0) is 16.6. The van der Waals surface area contributed by atoms with Crippen LogP contribution in [-0.2, 0) is 4.79 Å². The molecule has 3 rings (SSSR count). The van der Waals surface area contributed by atoms with Crippen LogP contribution in [0.25, 0.3) is 11.1 Å². The summed E-state index contributed by atoms with van der Waals surface area (Å²) in [5.74, 6) is -0.0511. The van der Waals surface area contributed by atoms with Crippen LogP contribution in [0.4, 0.5) is 5.69 Å². The zero-order valence-electron chi connectivity index (χ0n) is 13.6. The van der Waals surface area contributed by atoms with E-state index in [0.29, 0.717) is 0 Å². The van der Waals surface area contributed by atoms with Crippen LogP contribution in [0.15, 0.2) is 53.0 Å². The third-order valence-electron chi connectivity index (χ3n) is 4.28. The lowest BCUT2D eigenvalue weighted by Gasteiger charge is -2.42. The van der Waals surface area contributed by atoms with E-state index < -0.39 is 0 Å². The van der Waals surface area contributed by atoms with Gasteiger partial charge in [-0.3, -0.25) is 4.79 Å². The molecule has 1 amide bonds. The maximum Gasteiger partial charge on any atom is 0.221 e. The Balaban J connectivity index is 2.16. The van der Waals surface area contributed by atoms with E-state index in [-0.39, 0.29) is 11.3 Å². The molecule has 3 heteroatoms. The minimum absolute atomic E-state index is 0.0511. The molecule has 118 valence electrons. The van der Waals surface area contributed by atoms with Crippen molar-refractivity contribution in [1.29, 1.82) is 0 Å². The second kappa shape index (κ2) is 5.97. The van der Waals surface area contributed by atoms with E-state index in [0.717, 1.165) is 22.1 Å². The van der Waals surface area contributed by atoms with Crippen LogP contribution in [0.5, 0.6) is 0 Å². The van der Waals surface area contributed by atoms with Crippen molar-refractivity contribution in [3.8, 4) is 0 Å². The van der Waals surface area contributed by atoms with Gasteiger partial charge in [-0.25, -0.2) is 0 Å². The fourth-order valence-corrected chi connectivity index (χ4v) is 3.75. The molecule has 1 aliphatic carbocycles. The van der Waals surface area contributed by atoms with Gasteiger partial charge in [-0.05, 0) is 40.7 Å². The monoisotopic (exact) mass is 369 g/mol. The number of anilines is 1. The number of hydrogen-bond acceptors (Lipinski definition) is 1. The van der Waals surface area contributed by atoms with E-state index in [4.69, 9.17) is 0 Å². The molecule has 0 unspecified atom stereocenters. The van der Waals surface area contributed by atoms with Crippen LogP contribution in [0.2, 0.25) is 0 Å². The van der Waals surface area contributed by atoms with Crippen molar-refractivity contribution in [1.82, 2.24) is 0 Å². The van der Waals surface area contributed by atoms with Crippen LogP contribution in [-0.4, -0.2) is 5.91 Å². The molecule has 0 atom stereocenters. The number of amides is 1. The summed E-state index contributed by atoms with van der Waals surface area (Å²) in [4.78, 5) is 11.5. The SMILES string of the molecule is CC(=O)Nc1cc(Br)ccc1C1=C(c2ccccc2)C(C)(C)C1. The van der Waals surface area contributed by atoms with Gasteiger partial charge in [0.2, 0.25) is 5.91 Å². The van der Waals surface area contributed by atoms with Crippen molar-refractivity contribution in [2.75, 3.05) is 5.32 Å². The molecule has 0 radical (unpaired) electrons. The molecule has 0 spiro atoms. The minimum atomic E-state index is -0.0511. The Labute approximate surface area is 145 Å². The minimum Gasteiger partial charge on any atom is -0.326 e. The number of allylic oxidation sites excluding steroid dienone is 2. The summed E-state index contributed by atoms with van der Waals surface area (Å²) in [6.07, 6.45) is 1.01. The van der Waals surface area contributed by atoms with Gasteiger partial charge in [0, 0.05) is 22.6 Å². The topological polar surface area (TPSA) is 29.1 Å². The quantitative estimate of drug-likeness (QED) is 0.733. The van der Waals surface area contributed by atoms with Gasteiger partial charge in [0.25, 0.3) is 0 Å². The van der Waals surface area contributed by atoms with E-state index in [2.05, 4.69) is 65.4 Å². The van der Waals surface area contributed by atoms with Gasteiger partial charge < -0.3 is 5.32 Å².